The molecule has 6 nitrogen and oxygen atoms in total. The highest BCUT2D eigenvalue weighted by atomic mass is 127. The maximum atomic E-state index is 12.1. The van der Waals surface area contributed by atoms with Crippen LogP contribution >= 0.6 is 24.0 Å². The second-order valence-electron chi connectivity index (χ2n) is 6.17. The van der Waals surface area contributed by atoms with Crippen molar-refractivity contribution in [2.45, 2.75) is 38.5 Å². The summed E-state index contributed by atoms with van der Waals surface area (Å²) in [5.41, 5.74) is 6.19. The molecule has 0 aromatic heterocycles. The van der Waals surface area contributed by atoms with Gasteiger partial charge >= 0.3 is 6.36 Å². The van der Waals surface area contributed by atoms with Gasteiger partial charge in [-0.15, -0.1) is 37.1 Å². The van der Waals surface area contributed by atoms with E-state index in [1.807, 2.05) is 0 Å². The van der Waals surface area contributed by atoms with Crippen LogP contribution in [0.2, 0.25) is 0 Å². The van der Waals surface area contributed by atoms with E-state index in [-0.39, 0.29) is 41.6 Å². The lowest BCUT2D eigenvalue weighted by Gasteiger charge is -2.10. The Balaban J connectivity index is 0.00000364. The van der Waals surface area contributed by atoms with Crippen LogP contribution in [0.4, 0.5) is 18.9 Å². The number of halogens is 4. The topological polar surface area (TPSA) is 88.7 Å². The van der Waals surface area contributed by atoms with Gasteiger partial charge in [-0.3, -0.25) is 9.79 Å². The third-order valence-corrected chi connectivity index (χ3v) is 4.03. The monoisotopic (exact) mass is 500 g/mol. The Kier molecular flexibility index (Phi) is 9.67. The summed E-state index contributed by atoms with van der Waals surface area (Å²) in [5, 5.41) is 5.56. The van der Waals surface area contributed by atoms with Gasteiger partial charge < -0.3 is 21.1 Å². The van der Waals surface area contributed by atoms with E-state index in [1.165, 1.54) is 37.1 Å². The molecule has 1 fully saturated rings. The molecule has 1 aromatic rings. The number of nitrogens with two attached hydrogens (primary N) is 1. The molecule has 0 spiro atoms. The fourth-order valence-corrected chi connectivity index (χ4v) is 2.85. The van der Waals surface area contributed by atoms with Crippen LogP contribution in [-0.2, 0) is 4.79 Å². The predicted molar refractivity (Wildman–Crippen MR) is 108 cm³/mol. The Morgan fingerprint density at radius 2 is 1.85 bits per heavy atom. The van der Waals surface area contributed by atoms with Gasteiger partial charge in [0, 0.05) is 18.7 Å². The molecule has 10 heteroatoms. The average molecular weight is 500 g/mol. The minimum Gasteiger partial charge on any atom is -0.406 e. The Morgan fingerprint density at radius 3 is 2.44 bits per heavy atom. The minimum atomic E-state index is -4.72. The van der Waals surface area contributed by atoms with E-state index < -0.39 is 6.36 Å². The number of rotatable bonds is 7. The van der Waals surface area contributed by atoms with E-state index in [2.05, 4.69) is 20.4 Å². The van der Waals surface area contributed by atoms with Crippen molar-refractivity contribution in [3.05, 3.63) is 24.3 Å². The van der Waals surface area contributed by atoms with Gasteiger partial charge in [0.15, 0.2) is 5.96 Å². The molecule has 0 bridgehead atoms. The highest BCUT2D eigenvalue weighted by Crippen LogP contribution is 2.27. The van der Waals surface area contributed by atoms with Gasteiger partial charge in [0.25, 0.3) is 0 Å². The largest absolute Gasteiger partial charge is 0.573 e. The van der Waals surface area contributed by atoms with Crippen LogP contribution in [0.3, 0.4) is 0 Å². The van der Waals surface area contributed by atoms with E-state index in [0.717, 1.165) is 12.8 Å². The first-order valence-electron chi connectivity index (χ1n) is 8.51. The zero-order valence-electron chi connectivity index (χ0n) is 14.7. The fourth-order valence-electron chi connectivity index (χ4n) is 2.85. The lowest BCUT2D eigenvalue weighted by molar-refractivity contribution is -0.274. The molecule has 1 saturated carbocycles. The van der Waals surface area contributed by atoms with Crippen LogP contribution in [-0.4, -0.2) is 31.3 Å². The number of nitrogens with zero attached hydrogens (tertiary/aromatic N) is 1. The highest BCUT2D eigenvalue weighted by molar-refractivity contribution is 14.0. The average Bonchev–Trinajstić information content (AvgIpc) is 3.05. The first-order chi connectivity index (χ1) is 12.3. The molecule has 152 valence electrons. The van der Waals surface area contributed by atoms with Gasteiger partial charge in [0.2, 0.25) is 5.91 Å². The van der Waals surface area contributed by atoms with Crippen LogP contribution in [0, 0.1) is 5.92 Å². The van der Waals surface area contributed by atoms with Crippen molar-refractivity contribution in [1.29, 1.82) is 0 Å². The van der Waals surface area contributed by atoms with Crippen LogP contribution < -0.4 is 21.1 Å². The first-order valence-corrected chi connectivity index (χ1v) is 8.51. The molecule has 1 aliphatic rings. The normalized spacial score (nSPS) is 15.1. The Bertz CT molecular complexity index is 618. The van der Waals surface area contributed by atoms with E-state index in [9.17, 15) is 18.0 Å². The summed E-state index contributed by atoms with van der Waals surface area (Å²) >= 11 is 0. The highest BCUT2D eigenvalue weighted by Gasteiger charge is 2.30. The van der Waals surface area contributed by atoms with E-state index >= 15 is 0 Å². The Morgan fingerprint density at radius 1 is 1.22 bits per heavy atom. The lowest BCUT2D eigenvalue weighted by atomic mass is 10.0. The number of guanidine groups is 1. The number of carbonyl (C=O) groups is 1. The van der Waals surface area contributed by atoms with Crippen LogP contribution in [0.5, 0.6) is 5.75 Å². The van der Waals surface area contributed by atoms with Crippen molar-refractivity contribution in [1.82, 2.24) is 5.32 Å². The number of hydrogen-bond donors (Lipinski definition) is 3. The standard InChI is InChI=1S/C17H23F3N4O2.HI/c18-17(19,20)26-14-7-5-13(6-8-14)24-16(21)23-10-9-22-15(25)11-12-3-1-2-4-12;/h5-8,12H,1-4,9-11H2,(H,22,25)(H3,21,23,24);1H. The van der Waals surface area contributed by atoms with Gasteiger partial charge in [-0.2, -0.15) is 0 Å². The van der Waals surface area contributed by atoms with Crippen molar-refractivity contribution in [2.24, 2.45) is 16.6 Å². The molecule has 2 rings (SSSR count). The smallest absolute Gasteiger partial charge is 0.406 e. The maximum Gasteiger partial charge on any atom is 0.573 e. The molecule has 1 aliphatic carbocycles. The van der Waals surface area contributed by atoms with E-state index in [4.69, 9.17) is 5.73 Å². The van der Waals surface area contributed by atoms with Crippen LogP contribution in [0.25, 0.3) is 0 Å². The van der Waals surface area contributed by atoms with Crippen LogP contribution in [0.15, 0.2) is 29.3 Å². The minimum absolute atomic E-state index is 0. The molecular formula is C17H24F3IN4O2. The number of carbonyl (C=O) groups excluding carboxylic acids is 1. The summed E-state index contributed by atoms with van der Waals surface area (Å²) in [4.78, 5) is 15.8. The third-order valence-electron chi connectivity index (χ3n) is 4.03. The van der Waals surface area contributed by atoms with E-state index in [1.54, 1.807) is 0 Å². The maximum absolute atomic E-state index is 12.1. The fraction of sp³-hybridized carbons (Fsp3) is 0.529. The van der Waals surface area contributed by atoms with Crippen molar-refractivity contribution in [2.75, 3.05) is 18.4 Å². The molecular weight excluding hydrogens is 476 g/mol. The Hall–Kier alpha value is -1.72. The number of amides is 1. The lowest BCUT2D eigenvalue weighted by Crippen LogP contribution is -2.29. The molecule has 0 aliphatic heterocycles. The molecule has 1 amide bonds. The van der Waals surface area contributed by atoms with E-state index in [0.29, 0.717) is 31.1 Å². The predicted octanol–water partition coefficient (Wildman–Crippen LogP) is 3.63. The molecule has 27 heavy (non-hydrogen) atoms. The molecule has 4 N–H and O–H groups in total. The number of ether oxygens (including phenoxy) is 1. The van der Waals surface area contributed by atoms with Gasteiger partial charge in [-0.25, -0.2) is 0 Å². The van der Waals surface area contributed by atoms with Gasteiger partial charge in [-0.05, 0) is 43.0 Å². The molecule has 0 radical (unpaired) electrons. The van der Waals surface area contributed by atoms with Gasteiger partial charge in [0.1, 0.15) is 5.75 Å². The summed E-state index contributed by atoms with van der Waals surface area (Å²) in [6, 6.07) is 5.14. The quantitative estimate of drug-likeness (QED) is 0.231. The molecule has 0 unspecified atom stereocenters. The second-order valence-corrected chi connectivity index (χ2v) is 6.17. The molecule has 0 atom stereocenters. The summed E-state index contributed by atoms with van der Waals surface area (Å²) in [6.07, 6.45) is 0.480. The van der Waals surface area contributed by atoms with Crippen molar-refractivity contribution in [3.63, 3.8) is 0 Å². The number of aliphatic imine (C=N–C) groups is 1. The van der Waals surface area contributed by atoms with Crippen molar-refractivity contribution >= 4 is 41.5 Å². The van der Waals surface area contributed by atoms with Crippen LogP contribution in [0.1, 0.15) is 32.1 Å². The number of benzene rings is 1. The van der Waals surface area contributed by atoms with Crippen molar-refractivity contribution in [3.8, 4) is 5.75 Å². The SMILES string of the molecule is I.NC(=NCCNC(=O)CC1CCCC1)Nc1ccc(OC(F)(F)F)cc1. The molecule has 1 aromatic carbocycles. The second kappa shape index (κ2) is 11.2. The zero-order valence-corrected chi connectivity index (χ0v) is 17.1. The molecule has 0 heterocycles. The number of anilines is 1. The Labute approximate surface area is 173 Å². The number of hydrogen-bond acceptors (Lipinski definition) is 3. The summed E-state index contributed by atoms with van der Waals surface area (Å²) in [6.45, 7) is 0.691. The first kappa shape index (κ1) is 23.3. The third kappa shape index (κ3) is 9.68. The summed E-state index contributed by atoms with van der Waals surface area (Å²) in [7, 11) is 0. The summed E-state index contributed by atoms with van der Waals surface area (Å²) < 4.78 is 40.0. The summed E-state index contributed by atoms with van der Waals surface area (Å²) in [5.74, 6) is 0.316. The number of nitrogens with one attached hydrogen (secondary N) is 2. The van der Waals surface area contributed by atoms with Gasteiger partial charge in [0.05, 0.1) is 6.54 Å². The zero-order chi connectivity index (χ0) is 19.0. The molecule has 0 saturated heterocycles. The van der Waals surface area contributed by atoms with Gasteiger partial charge in [-0.1, -0.05) is 12.8 Å². The number of alkyl halides is 3. The van der Waals surface area contributed by atoms with Crippen molar-refractivity contribution < 1.29 is 22.7 Å².